The maximum absolute atomic E-state index is 13.4. The fourth-order valence-electron chi connectivity index (χ4n) is 12.0. The molecule has 65 heavy (non-hydrogen) atoms. The van der Waals surface area contributed by atoms with E-state index in [4.69, 9.17) is 0 Å². The summed E-state index contributed by atoms with van der Waals surface area (Å²) < 4.78 is 2.15. The monoisotopic (exact) mass is 1000 g/mol. The standard InChI is InChI=1S/C28H34BrN3O2.C26H32BrN3O/c1-21(33)32-19-24(26(20-32)23-5-3-2-4-6-23)18-30-14-11-28(12-15-30)13-16-31(27(28)34)17-22-7-9-25(29)10-8-22;27-23-8-6-20(7-9-23)18-30-15-12-26(25(30)31)10-13-29(14-11-26)19-22-16-28-17-24(22)21-4-2-1-3-5-21/h2-10,24,26H,11-20H2,1H3;1-9,22,24,28H,10-19H2/t24-,26+;22-,24-/m01/s1. The van der Waals surface area contributed by atoms with Crippen molar-refractivity contribution in [3.05, 3.63) is 140 Å². The summed E-state index contributed by atoms with van der Waals surface area (Å²) in [4.78, 5) is 50.2. The molecule has 6 heterocycles. The number of rotatable bonds is 10. The Morgan fingerprint density at radius 3 is 1.45 bits per heavy atom. The molecule has 0 aliphatic carbocycles. The highest BCUT2D eigenvalue weighted by Crippen LogP contribution is 2.44. The van der Waals surface area contributed by atoms with E-state index in [-0.39, 0.29) is 16.7 Å². The molecule has 0 bridgehead atoms. The van der Waals surface area contributed by atoms with Gasteiger partial charge in [-0.1, -0.05) is 117 Å². The van der Waals surface area contributed by atoms with E-state index in [0.29, 0.717) is 42.0 Å². The van der Waals surface area contributed by atoms with E-state index in [1.165, 1.54) is 22.3 Å². The Morgan fingerprint density at radius 2 is 0.985 bits per heavy atom. The molecular weight excluding hydrogens is 940 g/mol. The number of nitrogens with one attached hydrogen (secondary N) is 1. The molecule has 0 radical (unpaired) electrons. The van der Waals surface area contributed by atoms with Crippen molar-refractivity contribution >= 4 is 49.6 Å². The highest BCUT2D eigenvalue weighted by atomic mass is 79.9. The quantitative estimate of drug-likeness (QED) is 0.171. The van der Waals surface area contributed by atoms with Crippen molar-refractivity contribution in [3.8, 4) is 0 Å². The maximum Gasteiger partial charge on any atom is 0.229 e. The number of hydrogen-bond donors (Lipinski definition) is 1. The normalized spacial score (nSPS) is 25.4. The van der Waals surface area contributed by atoms with Gasteiger partial charge in [0.15, 0.2) is 0 Å². The molecule has 10 rings (SSSR count). The van der Waals surface area contributed by atoms with Crippen molar-refractivity contribution in [3.63, 3.8) is 0 Å². The second-order valence-corrected chi connectivity index (χ2v) is 21.8. The molecule has 0 unspecified atom stereocenters. The van der Waals surface area contributed by atoms with Crippen molar-refractivity contribution in [2.45, 2.75) is 70.4 Å². The summed E-state index contributed by atoms with van der Waals surface area (Å²) in [5.74, 6) is 2.99. The molecule has 0 aromatic heterocycles. The zero-order valence-corrected chi connectivity index (χ0v) is 41.2. The van der Waals surface area contributed by atoms with Gasteiger partial charge in [-0.05, 0) is 130 Å². The largest absolute Gasteiger partial charge is 0.342 e. The van der Waals surface area contributed by atoms with Crippen molar-refractivity contribution < 1.29 is 14.4 Å². The predicted molar refractivity (Wildman–Crippen MR) is 265 cm³/mol. The maximum atomic E-state index is 13.4. The molecule has 1 N–H and O–H groups in total. The van der Waals surface area contributed by atoms with Gasteiger partial charge in [-0.25, -0.2) is 0 Å². The summed E-state index contributed by atoms with van der Waals surface area (Å²) >= 11 is 6.98. The van der Waals surface area contributed by atoms with E-state index in [9.17, 15) is 14.4 Å². The van der Waals surface area contributed by atoms with Crippen LogP contribution in [0.4, 0.5) is 0 Å². The molecule has 4 aromatic rings. The number of carbonyl (C=O) groups is 3. The van der Waals surface area contributed by atoms with Crippen molar-refractivity contribution in [1.29, 1.82) is 0 Å². The van der Waals surface area contributed by atoms with Gasteiger partial charge in [0, 0.05) is 86.6 Å². The first kappa shape index (κ1) is 46.2. The van der Waals surface area contributed by atoms with E-state index in [0.717, 1.165) is 133 Å². The highest BCUT2D eigenvalue weighted by molar-refractivity contribution is 9.10. The molecule has 0 saturated carbocycles. The Hall–Kier alpha value is -3.87. The van der Waals surface area contributed by atoms with Gasteiger partial charge in [0.05, 0.1) is 10.8 Å². The van der Waals surface area contributed by atoms with Crippen LogP contribution in [0.3, 0.4) is 0 Å². The fourth-order valence-corrected chi connectivity index (χ4v) is 12.6. The SMILES string of the molecule is CC(=O)N1C[C@H](CN2CCC3(CC2)CCN(Cc2ccc(Br)cc2)C3=O)[C@@H](c2ccccc2)C1.O=C1N(Cc2ccc(Br)cc2)CCC12CCN(C[C@H]1CNC[C@@H]1c1ccccc1)CC2. The molecule has 11 heteroatoms. The summed E-state index contributed by atoms with van der Waals surface area (Å²) in [5.41, 5.74) is 4.91. The first-order chi connectivity index (χ1) is 31.6. The summed E-state index contributed by atoms with van der Waals surface area (Å²) in [7, 11) is 0. The van der Waals surface area contributed by atoms with Crippen LogP contribution in [0.2, 0.25) is 0 Å². The van der Waals surface area contributed by atoms with Crippen molar-refractivity contribution in [2.24, 2.45) is 22.7 Å². The average Bonchev–Trinajstić information content (AvgIpc) is 4.12. The van der Waals surface area contributed by atoms with Crippen molar-refractivity contribution in [1.82, 2.24) is 29.8 Å². The highest BCUT2D eigenvalue weighted by Gasteiger charge is 2.50. The Labute approximate surface area is 403 Å². The Kier molecular flexibility index (Phi) is 14.6. The van der Waals surface area contributed by atoms with Crippen LogP contribution in [0.1, 0.15) is 79.5 Å². The van der Waals surface area contributed by atoms with Crippen LogP contribution >= 0.6 is 31.9 Å². The molecule has 9 nitrogen and oxygen atoms in total. The Balaban J connectivity index is 0.000000165. The van der Waals surface area contributed by atoms with E-state index in [1.54, 1.807) is 6.92 Å². The number of carbonyl (C=O) groups excluding carboxylic acids is 3. The third kappa shape index (κ3) is 10.6. The number of halogens is 2. The van der Waals surface area contributed by atoms with E-state index in [2.05, 4.69) is 154 Å². The molecule has 6 aliphatic heterocycles. The molecule has 6 aliphatic rings. The number of amides is 3. The number of benzene rings is 4. The van der Waals surface area contributed by atoms with Gasteiger partial charge in [-0.15, -0.1) is 0 Å². The third-order valence-electron chi connectivity index (χ3n) is 16.1. The molecule has 6 saturated heterocycles. The van der Waals surface area contributed by atoms with Gasteiger partial charge in [-0.2, -0.15) is 0 Å². The molecule has 2 spiro atoms. The van der Waals surface area contributed by atoms with Gasteiger partial charge < -0.3 is 29.8 Å². The summed E-state index contributed by atoms with van der Waals surface area (Å²) in [6.07, 6.45) is 5.92. The van der Waals surface area contributed by atoms with Crippen LogP contribution in [0.15, 0.2) is 118 Å². The van der Waals surface area contributed by atoms with E-state index < -0.39 is 0 Å². The molecule has 3 amide bonds. The lowest BCUT2D eigenvalue weighted by molar-refractivity contribution is -0.139. The van der Waals surface area contributed by atoms with Crippen LogP contribution in [-0.2, 0) is 27.5 Å². The second-order valence-electron chi connectivity index (χ2n) is 20.0. The summed E-state index contributed by atoms with van der Waals surface area (Å²) in [6.45, 7) is 14.9. The van der Waals surface area contributed by atoms with Crippen LogP contribution in [0, 0.1) is 22.7 Å². The third-order valence-corrected chi connectivity index (χ3v) is 17.1. The predicted octanol–water partition coefficient (Wildman–Crippen LogP) is 8.79. The first-order valence-corrected chi connectivity index (χ1v) is 25.7. The summed E-state index contributed by atoms with van der Waals surface area (Å²) in [6, 6.07) is 38.2. The fraction of sp³-hybridized carbons (Fsp3) is 0.500. The molecule has 344 valence electrons. The Bertz CT molecular complexity index is 2230. The lowest BCUT2D eigenvalue weighted by Gasteiger charge is -2.39. The van der Waals surface area contributed by atoms with Crippen LogP contribution < -0.4 is 5.32 Å². The minimum Gasteiger partial charge on any atom is -0.342 e. The second kappa shape index (κ2) is 20.6. The van der Waals surface area contributed by atoms with Crippen LogP contribution in [0.25, 0.3) is 0 Å². The molecule has 4 atom stereocenters. The average molecular weight is 1010 g/mol. The zero-order valence-electron chi connectivity index (χ0n) is 38.1. The molecule has 4 aromatic carbocycles. The Morgan fingerprint density at radius 1 is 0.554 bits per heavy atom. The number of likely N-dealkylation sites (tertiary alicyclic amines) is 5. The number of piperidine rings is 2. The minimum absolute atomic E-state index is 0.112. The molecular formula is C54H66Br2N6O3. The van der Waals surface area contributed by atoms with Gasteiger partial charge in [-0.3, -0.25) is 14.4 Å². The van der Waals surface area contributed by atoms with Crippen LogP contribution in [0.5, 0.6) is 0 Å². The number of nitrogens with zero attached hydrogens (tertiary/aromatic N) is 5. The topological polar surface area (TPSA) is 79.4 Å². The van der Waals surface area contributed by atoms with Gasteiger partial charge in [0.25, 0.3) is 0 Å². The van der Waals surface area contributed by atoms with Gasteiger partial charge >= 0.3 is 0 Å². The summed E-state index contributed by atoms with van der Waals surface area (Å²) in [5, 5.41) is 3.61. The van der Waals surface area contributed by atoms with Gasteiger partial charge in [0.1, 0.15) is 0 Å². The van der Waals surface area contributed by atoms with Crippen LogP contribution in [-0.4, -0.2) is 121 Å². The van der Waals surface area contributed by atoms with E-state index in [1.807, 2.05) is 17.0 Å². The zero-order chi connectivity index (χ0) is 45.0. The lowest BCUT2D eigenvalue weighted by atomic mass is 9.76. The van der Waals surface area contributed by atoms with Gasteiger partial charge in [0.2, 0.25) is 17.7 Å². The minimum atomic E-state index is -0.175. The smallest absolute Gasteiger partial charge is 0.229 e. The number of hydrogen-bond acceptors (Lipinski definition) is 6. The first-order valence-electron chi connectivity index (χ1n) is 24.1. The van der Waals surface area contributed by atoms with Crippen molar-refractivity contribution in [2.75, 3.05) is 78.5 Å². The van der Waals surface area contributed by atoms with E-state index >= 15 is 0 Å². The molecule has 6 fully saturated rings. The lowest BCUT2D eigenvalue weighted by Crippen LogP contribution is -2.46.